The molecule has 0 aliphatic heterocycles. The third-order valence-electron chi connectivity index (χ3n) is 3.74. The van der Waals surface area contributed by atoms with Gasteiger partial charge in [-0.1, -0.05) is 41.2 Å². The molecule has 0 aliphatic rings. The molecule has 5 nitrogen and oxygen atoms in total. The third-order valence-corrected chi connectivity index (χ3v) is 4.72. The van der Waals surface area contributed by atoms with Gasteiger partial charge in [0.2, 0.25) is 0 Å². The minimum atomic E-state index is -0.310. The first kappa shape index (κ1) is 14.6. The Balaban J connectivity index is 1.76. The predicted octanol–water partition coefficient (Wildman–Crippen LogP) is 3.47. The Morgan fingerprint density at radius 1 is 1.12 bits per heavy atom. The first-order valence-corrected chi connectivity index (χ1v) is 8.23. The normalized spacial score (nSPS) is 11.0. The molecule has 0 spiro atoms. The second-order valence-electron chi connectivity index (χ2n) is 5.49. The van der Waals surface area contributed by atoms with E-state index in [9.17, 15) is 9.59 Å². The van der Waals surface area contributed by atoms with Crippen LogP contribution in [-0.2, 0) is 0 Å². The fourth-order valence-corrected chi connectivity index (χ4v) is 3.46. The van der Waals surface area contributed by atoms with Crippen molar-refractivity contribution in [3.63, 3.8) is 0 Å². The molecule has 24 heavy (non-hydrogen) atoms. The van der Waals surface area contributed by atoms with E-state index in [2.05, 4.69) is 10.3 Å². The van der Waals surface area contributed by atoms with Gasteiger partial charge in [0.1, 0.15) is 4.88 Å². The second-order valence-corrected chi connectivity index (χ2v) is 6.50. The zero-order valence-electron chi connectivity index (χ0n) is 12.8. The van der Waals surface area contributed by atoms with Gasteiger partial charge in [-0.15, -0.1) is 0 Å². The number of anilines is 1. The van der Waals surface area contributed by atoms with E-state index in [1.165, 1.54) is 21.8 Å². The molecule has 1 N–H and O–H groups in total. The lowest BCUT2D eigenvalue weighted by Crippen LogP contribution is -2.17. The molecule has 0 bridgehead atoms. The Morgan fingerprint density at radius 3 is 2.67 bits per heavy atom. The van der Waals surface area contributed by atoms with Gasteiger partial charge in [-0.25, -0.2) is 4.98 Å². The number of aromatic nitrogens is 2. The summed E-state index contributed by atoms with van der Waals surface area (Å²) in [6.07, 6.45) is 0. The van der Waals surface area contributed by atoms with E-state index in [0.717, 1.165) is 16.6 Å². The highest BCUT2D eigenvalue weighted by molar-refractivity contribution is 7.18. The van der Waals surface area contributed by atoms with Crippen molar-refractivity contribution in [2.24, 2.45) is 0 Å². The van der Waals surface area contributed by atoms with E-state index in [1.807, 2.05) is 55.5 Å². The van der Waals surface area contributed by atoms with Gasteiger partial charge in [0.05, 0.1) is 11.0 Å². The number of imidazole rings is 1. The standard InChI is InChI=1S/C18H13N3O2S/c1-11-6-8-12(9-7-11)19-17(23)15-10-16(22)21-14-5-3-2-4-13(14)20-18(21)24-15/h2-10H,1H3,(H,19,23). The third kappa shape index (κ3) is 2.47. The fourth-order valence-electron chi connectivity index (χ4n) is 2.53. The molecule has 1 amide bonds. The highest BCUT2D eigenvalue weighted by Crippen LogP contribution is 2.20. The second kappa shape index (κ2) is 5.58. The Hall–Kier alpha value is -2.99. The van der Waals surface area contributed by atoms with Crippen LogP contribution in [0, 0.1) is 6.92 Å². The van der Waals surface area contributed by atoms with Crippen LogP contribution >= 0.6 is 11.3 Å². The van der Waals surface area contributed by atoms with Crippen molar-refractivity contribution in [2.75, 3.05) is 5.32 Å². The first-order chi connectivity index (χ1) is 11.6. The minimum absolute atomic E-state index is 0.258. The van der Waals surface area contributed by atoms with Crippen molar-refractivity contribution < 1.29 is 4.79 Å². The maximum atomic E-state index is 12.4. The van der Waals surface area contributed by atoms with Crippen molar-refractivity contribution in [3.05, 3.63) is 75.4 Å². The number of nitrogens with one attached hydrogen (secondary N) is 1. The largest absolute Gasteiger partial charge is 0.321 e. The number of aryl methyl sites for hydroxylation is 1. The Kier molecular flexibility index (Phi) is 3.39. The number of carbonyl (C=O) groups is 1. The van der Waals surface area contributed by atoms with Crippen molar-refractivity contribution in [1.82, 2.24) is 9.38 Å². The topological polar surface area (TPSA) is 63.5 Å². The van der Waals surface area contributed by atoms with Crippen LogP contribution in [0.5, 0.6) is 0 Å². The summed E-state index contributed by atoms with van der Waals surface area (Å²) in [4.78, 5) is 30.1. The molecule has 0 fully saturated rings. The molecule has 0 atom stereocenters. The number of amides is 1. The van der Waals surface area contributed by atoms with Crippen LogP contribution in [0.4, 0.5) is 5.69 Å². The van der Waals surface area contributed by atoms with Gasteiger partial charge >= 0.3 is 0 Å². The SMILES string of the molecule is Cc1ccc(NC(=O)c2cc(=O)n3c(nc4ccccc43)s2)cc1. The molecule has 2 aromatic carbocycles. The zero-order chi connectivity index (χ0) is 16.7. The summed E-state index contributed by atoms with van der Waals surface area (Å²) in [5.41, 5.74) is 3.04. The molecule has 0 unspecified atom stereocenters. The summed E-state index contributed by atoms with van der Waals surface area (Å²) in [6, 6.07) is 16.3. The number of benzene rings is 2. The molecule has 0 saturated heterocycles. The molecular formula is C18H13N3O2S. The van der Waals surface area contributed by atoms with Gasteiger partial charge < -0.3 is 5.32 Å². The van der Waals surface area contributed by atoms with Crippen molar-refractivity contribution in [2.45, 2.75) is 6.92 Å². The number of hydrogen-bond acceptors (Lipinski definition) is 4. The zero-order valence-corrected chi connectivity index (χ0v) is 13.6. The quantitative estimate of drug-likeness (QED) is 0.610. The molecule has 0 radical (unpaired) electrons. The summed E-state index contributed by atoms with van der Waals surface area (Å²) in [5, 5.41) is 2.81. The monoisotopic (exact) mass is 335 g/mol. The number of rotatable bonds is 2. The van der Waals surface area contributed by atoms with E-state index >= 15 is 0 Å². The van der Waals surface area contributed by atoms with Gasteiger partial charge in [-0.3, -0.25) is 14.0 Å². The first-order valence-electron chi connectivity index (χ1n) is 7.41. The van der Waals surface area contributed by atoms with Gasteiger partial charge in [0.25, 0.3) is 11.5 Å². The number of carbonyl (C=O) groups excluding carboxylic acids is 1. The highest BCUT2D eigenvalue weighted by Gasteiger charge is 2.14. The summed E-state index contributed by atoms with van der Waals surface area (Å²) in [7, 11) is 0. The average molecular weight is 335 g/mol. The lowest BCUT2D eigenvalue weighted by Gasteiger charge is -2.05. The number of hydrogen-bond donors (Lipinski definition) is 1. The molecule has 0 saturated carbocycles. The smallest absolute Gasteiger partial charge is 0.266 e. The molecule has 118 valence electrons. The highest BCUT2D eigenvalue weighted by atomic mass is 32.1. The van der Waals surface area contributed by atoms with E-state index in [0.29, 0.717) is 15.5 Å². The summed E-state index contributed by atoms with van der Waals surface area (Å²) >= 11 is 1.20. The van der Waals surface area contributed by atoms with Crippen molar-refractivity contribution in [1.29, 1.82) is 0 Å². The molecule has 4 aromatic rings. The maximum Gasteiger partial charge on any atom is 0.266 e. The van der Waals surface area contributed by atoms with E-state index in [1.54, 1.807) is 0 Å². The minimum Gasteiger partial charge on any atom is -0.321 e. The van der Waals surface area contributed by atoms with Crippen LogP contribution in [0.1, 0.15) is 15.2 Å². The van der Waals surface area contributed by atoms with Gasteiger partial charge in [0.15, 0.2) is 4.96 Å². The molecule has 6 heteroatoms. The molecule has 2 heterocycles. The van der Waals surface area contributed by atoms with Crippen LogP contribution in [0.2, 0.25) is 0 Å². The van der Waals surface area contributed by atoms with Gasteiger partial charge in [-0.05, 0) is 31.2 Å². The van der Waals surface area contributed by atoms with Crippen LogP contribution in [0.25, 0.3) is 16.0 Å². The number of nitrogens with zero attached hydrogens (tertiary/aromatic N) is 2. The van der Waals surface area contributed by atoms with Crippen LogP contribution in [-0.4, -0.2) is 15.3 Å². The van der Waals surface area contributed by atoms with Crippen LogP contribution in [0.3, 0.4) is 0 Å². The van der Waals surface area contributed by atoms with Crippen molar-refractivity contribution in [3.8, 4) is 0 Å². The maximum absolute atomic E-state index is 12.4. The number of fused-ring (bicyclic) bond motifs is 3. The number of para-hydroxylation sites is 2. The lowest BCUT2D eigenvalue weighted by atomic mass is 10.2. The average Bonchev–Trinajstić information content (AvgIpc) is 2.95. The fraction of sp³-hybridized carbons (Fsp3) is 0.0556. The summed E-state index contributed by atoms with van der Waals surface area (Å²) in [6.45, 7) is 1.98. The van der Waals surface area contributed by atoms with E-state index in [-0.39, 0.29) is 11.5 Å². The van der Waals surface area contributed by atoms with E-state index < -0.39 is 0 Å². The van der Waals surface area contributed by atoms with Crippen molar-refractivity contribution >= 4 is 38.9 Å². The molecular weight excluding hydrogens is 322 g/mol. The Bertz CT molecular complexity index is 1130. The Labute approximate surface area is 141 Å². The Morgan fingerprint density at radius 2 is 1.88 bits per heavy atom. The summed E-state index contributed by atoms with van der Waals surface area (Å²) in [5.74, 6) is -0.310. The molecule has 4 rings (SSSR count). The van der Waals surface area contributed by atoms with Crippen LogP contribution in [0.15, 0.2) is 59.4 Å². The summed E-state index contributed by atoms with van der Waals surface area (Å²) < 4.78 is 1.53. The predicted molar refractivity (Wildman–Crippen MR) is 96.0 cm³/mol. The molecule has 2 aromatic heterocycles. The van der Waals surface area contributed by atoms with E-state index in [4.69, 9.17) is 0 Å². The van der Waals surface area contributed by atoms with Crippen LogP contribution < -0.4 is 10.9 Å². The molecule has 0 aliphatic carbocycles. The van der Waals surface area contributed by atoms with Gasteiger partial charge in [-0.2, -0.15) is 0 Å². The lowest BCUT2D eigenvalue weighted by molar-refractivity contribution is 0.103. The van der Waals surface area contributed by atoms with Gasteiger partial charge in [0, 0.05) is 11.8 Å².